The molecule has 0 unspecified atom stereocenters. The van der Waals surface area contributed by atoms with Crippen LogP contribution in [-0.2, 0) is 4.79 Å². The fourth-order valence-corrected chi connectivity index (χ4v) is 3.15. The van der Waals surface area contributed by atoms with Crippen molar-refractivity contribution < 1.29 is 13.9 Å². The first-order chi connectivity index (χ1) is 12.6. The molecule has 26 heavy (non-hydrogen) atoms. The highest BCUT2D eigenvalue weighted by molar-refractivity contribution is 5.92. The van der Waals surface area contributed by atoms with Crippen LogP contribution >= 0.6 is 0 Å². The molecule has 1 aliphatic heterocycles. The fraction of sp³-hybridized carbons (Fsp3) is 0.350. The van der Waals surface area contributed by atoms with Crippen LogP contribution in [0.25, 0.3) is 0 Å². The summed E-state index contributed by atoms with van der Waals surface area (Å²) in [7, 11) is 1.66. The lowest BCUT2D eigenvalue weighted by molar-refractivity contribution is -0.117. The van der Waals surface area contributed by atoms with Gasteiger partial charge in [-0.3, -0.25) is 9.69 Å². The number of rotatable bonds is 5. The van der Waals surface area contributed by atoms with Gasteiger partial charge in [-0.1, -0.05) is 6.07 Å². The summed E-state index contributed by atoms with van der Waals surface area (Å²) in [5.41, 5.74) is 1.65. The molecule has 0 bridgehead atoms. The first-order valence-corrected chi connectivity index (χ1v) is 8.81. The number of amides is 1. The van der Waals surface area contributed by atoms with Crippen molar-refractivity contribution in [1.29, 1.82) is 0 Å². The largest absolute Gasteiger partial charge is 0.497 e. The van der Waals surface area contributed by atoms with Gasteiger partial charge in [0.1, 0.15) is 11.6 Å². The minimum atomic E-state index is -0.354. The number of halogens is 1. The number of benzene rings is 2. The number of hydrogen-bond acceptors (Lipinski definition) is 4. The minimum absolute atomic E-state index is 0.117. The molecule has 2 aromatic rings. The van der Waals surface area contributed by atoms with Gasteiger partial charge in [-0.25, -0.2) is 4.39 Å². The highest BCUT2D eigenvalue weighted by Gasteiger charge is 2.17. The lowest BCUT2D eigenvalue weighted by Gasteiger charge is -2.23. The van der Waals surface area contributed by atoms with Crippen molar-refractivity contribution in [3.8, 4) is 5.75 Å². The van der Waals surface area contributed by atoms with Gasteiger partial charge in [0.05, 0.1) is 13.7 Å². The van der Waals surface area contributed by atoms with Crippen molar-refractivity contribution in [2.45, 2.75) is 6.42 Å². The summed E-state index contributed by atoms with van der Waals surface area (Å²) in [6.07, 6.45) is 0.985. The number of nitrogens with one attached hydrogen (secondary N) is 1. The standard InChI is InChI=1S/C20H24FN3O2/c1-26-19-8-6-18(7-9-19)24-11-3-10-23(12-13-24)15-20(25)22-17-5-2-4-16(21)14-17/h2,4-9,14H,3,10-13,15H2,1H3,(H,22,25). The number of hydrogen-bond donors (Lipinski definition) is 1. The quantitative estimate of drug-likeness (QED) is 0.894. The van der Waals surface area contributed by atoms with Gasteiger partial charge in [-0.05, 0) is 48.9 Å². The predicted octanol–water partition coefficient (Wildman–Crippen LogP) is 2.99. The monoisotopic (exact) mass is 357 g/mol. The van der Waals surface area contributed by atoms with Gasteiger partial charge in [0.25, 0.3) is 0 Å². The van der Waals surface area contributed by atoms with Crippen LogP contribution in [0.1, 0.15) is 6.42 Å². The van der Waals surface area contributed by atoms with E-state index in [-0.39, 0.29) is 11.7 Å². The molecule has 1 amide bonds. The minimum Gasteiger partial charge on any atom is -0.497 e. The van der Waals surface area contributed by atoms with Crippen LogP contribution in [0.2, 0.25) is 0 Å². The molecule has 0 atom stereocenters. The van der Waals surface area contributed by atoms with Gasteiger partial charge in [0.2, 0.25) is 5.91 Å². The number of methoxy groups -OCH3 is 1. The Morgan fingerprint density at radius 1 is 1.12 bits per heavy atom. The summed E-state index contributed by atoms with van der Waals surface area (Å²) in [6.45, 7) is 3.80. The van der Waals surface area contributed by atoms with Crippen molar-refractivity contribution in [1.82, 2.24) is 4.90 Å². The van der Waals surface area contributed by atoms with E-state index in [4.69, 9.17) is 4.74 Å². The van der Waals surface area contributed by atoms with Crippen LogP contribution in [0.5, 0.6) is 5.75 Å². The van der Waals surface area contributed by atoms with E-state index >= 15 is 0 Å². The Morgan fingerprint density at radius 3 is 2.65 bits per heavy atom. The number of carbonyl (C=O) groups is 1. The van der Waals surface area contributed by atoms with E-state index in [9.17, 15) is 9.18 Å². The zero-order valence-corrected chi connectivity index (χ0v) is 15.0. The average Bonchev–Trinajstić information content (AvgIpc) is 2.87. The van der Waals surface area contributed by atoms with Gasteiger partial charge < -0.3 is 15.0 Å². The molecule has 0 aliphatic carbocycles. The number of ether oxygens (including phenoxy) is 1. The third-order valence-corrected chi connectivity index (χ3v) is 4.50. The molecule has 1 N–H and O–H groups in total. The van der Waals surface area contributed by atoms with Crippen molar-refractivity contribution in [3.63, 3.8) is 0 Å². The summed E-state index contributed by atoms with van der Waals surface area (Å²) in [5, 5.41) is 2.76. The SMILES string of the molecule is COc1ccc(N2CCCN(CC(=O)Nc3cccc(F)c3)CC2)cc1. The van der Waals surface area contributed by atoms with E-state index in [2.05, 4.69) is 27.2 Å². The second-order valence-corrected chi connectivity index (χ2v) is 6.37. The van der Waals surface area contributed by atoms with Gasteiger partial charge in [-0.15, -0.1) is 0 Å². The van der Waals surface area contributed by atoms with Gasteiger partial charge in [0, 0.05) is 37.6 Å². The third-order valence-electron chi connectivity index (χ3n) is 4.50. The summed E-state index contributed by atoms with van der Waals surface area (Å²) >= 11 is 0. The second-order valence-electron chi connectivity index (χ2n) is 6.37. The van der Waals surface area contributed by atoms with Gasteiger partial charge in [0.15, 0.2) is 0 Å². The molecule has 0 spiro atoms. The molecule has 0 saturated carbocycles. The van der Waals surface area contributed by atoms with Crippen molar-refractivity contribution in [2.75, 3.05) is 50.1 Å². The molecule has 1 heterocycles. The highest BCUT2D eigenvalue weighted by Crippen LogP contribution is 2.20. The van der Waals surface area contributed by atoms with E-state index in [1.165, 1.54) is 12.1 Å². The molecule has 2 aromatic carbocycles. The van der Waals surface area contributed by atoms with Crippen LogP contribution in [0.15, 0.2) is 48.5 Å². The van der Waals surface area contributed by atoms with Crippen LogP contribution in [0.4, 0.5) is 15.8 Å². The zero-order valence-electron chi connectivity index (χ0n) is 15.0. The Bertz CT molecular complexity index is 736. The fourth-order valence-electron chi connectivity index (χ4n) is 3.15. The number of nitrogens with zero attached hydrogens (tertiary/aromatic N) is 2. The van der Waals surface area contributed by atoms with Gasteiger partial charge in [-0.2, -0.15) is 0 Å². The first-order valence-electron chi connectivity index (χ1n) is 8.81. The van der Waals surface area contributed by atoms with E-state index in [0.717, 1.165) is 44.0 Å². The summed E-state index contributed by atoms with van der Waals surface area (Å²) < 4.78 is 18.4. The molecule has 1 saturated heterocycles. The number of carbonyl (C=O) groups excluding carboxylic acids is 1. The molecule has 1 fully saturated rings. The summed E-state index contributed by atoms with van der Waals surface area (Å²) in [4.78, 5) is 16.7. The maximum absolute atomic E-state index is 13.2. The molecule has 6 heteroatoms. The smallest absolute Gasteiger partial charge is 0.238 e. The maximum Gasteiger partial charge on any atom is 0.238 e. The van der Waals surface area contributed by atoms with Crippen LogP contribution in [-0.4, -0.2) is 50.6 Å². The van der Waals surface area contributed by atoms with E-state index < -0.39 is 0 Å². The predicted molar refractivity (Wildman–Crippen MR) is 101 cm³/mol. The molecule has 5 nitrogen and oxygen atoms in total. The Hall–Kier alpha value is -2.60. The Kier molecular flexibility index (Phi) is 6.07. The van der Waals surface area contributed by atoms with Crippen LogP contribution in [0, 0.1) is 5.82 Å². The summed E-state index contributed by atoms with van der Waals surface area (Å²) in [6, 6.07) is 14.0. The number of anilines is 2. The Balaban J connectivity index is 1.52. The average molecular weight is 357 g/mol. The molecule has 0 radical (unpaired) electrons. The Labute approximate surface area is 153 Å². The first kappa shape index (κ1) is 18.2. The molecule has 3 rings (SSSR count). The zero-order chi connectivity index (χ0) is 18.4. The lowest BCUT2D eigenvalue weighted by Crippen LogP contribution is -2.36. The topological polar surface area (TPSA) is 44.8 Å². The molecule has 1 aliphatic rings. The summed E-state index contributed by atoms with van der Waals surface area (Å²) in [5.74, 6) is 0.375. The Morgan fingerprint density at radius 2 is 1.92 bits per heavy atom. The molecule has 138 valence electrons. The molecular weight excluding hydrogens is 333 g/mol. The second kappa shape index (κ2) is 8.67. The van der Waals surface area contributed by atoms with Crippen molar-refractivity contribution >= 4 is 17.3 Å². The van der Waals surface area contributed by atoms with E-state index in [1.807, 2.05) is 12.1 Å². The van der Waals surface area contributed by atoms with E-state index in [0.29, 0.717) is 12.2 Å². The lowest BCUT2D eigenvalue weighted by atomic mass is 10.2. The van der Waals surface area contributed by atoms with Crippen molar-refractivity contribution in [3.05, 3.63) is 54.3 Å². The third kappa shape index (κ3) is 4.95. The van der Waals surface area contributed by atoms with Crippen LogP contribution < -0.4 is 15.0 Å². The molecular formula is C20H24FN3O2. The van der Waals surface area contributed by atoms with Gasteiger partial charge >= 0.3 is 0 Å². The van der Waals surface area contributed by atoms with Crippen molar-refractivity contribution in [2.24, 2.45) is 0 Å². The maximum atomic E-state index is 13.2. The molecule has 0 aromatic heterocycles. The highest BCUT2D eigenvalue weighted by atomic mass is 19.1. The van der Waals surface area contributed by atoms with E-state index in [1.54, 1.807) is 19.2 Å². The van der Waals surface area contributed by atoms with Crippen LogP contribution in [0.3, 0.4) is 0 Å². The normalized spacial score (nSPS) is 15.4.